The van der Waals surface area contributed by atoms with Crippen molar-refractivity contribution in [3.63, 3.8) is 0 Å². The summed E-state index contributed by atoms with van der Waals surface area (Å²) in [6.45, 7) is 7.31. The lowest BCUT2D eigenvalue weighted by atomic mass is 10.0. The molecule has 2 aromatic carbocycles. The van der Waals surface area contributed by atoms with Crippen LogP contribution in [-0.2, 0) is 12.8 Å². The topological polar surface area (TPSA) is 49.8 Å². The first-order chi connectivity index (χ1) is 16.1. The van der Waals surface area contributed by atoms with E-state index in [1.807, 2.05) is 23.5 Å². The molecule has 34 heavy (non-hydrogen) atoms. The van der Waals surface area contributed by atoms with Crippen molar-refractivity contribution in [3.05, 3.63) is 75.2 Å². The van der Waals surface area contributed by atoms with Crippen LogP contribution in [0, 0.1) is 0 Å². The molecule has 1 aromatic heterocycles. The highest BCUT2D eigenvalue weighted by atomic mass is 35.5. The molecule has 0 radical (unpaired) electrons. The Bertz CT molecular complexity index is 1140. The molecule has 0 amide bonds. The van der Waals surface area contributed by atoms with Gasteiger partial charge in [0.2, 0.25) is 0 Å². The van der Waals surface area contributed by atoms with Gasteiger partial charge in [-0.1, -0.05) is 44.2 Å². The Kier molecular flexibility index (Phi) is 7.91. The molecule has 1 fully saturated rings. The largest absolute Gasteiger partial charge is 0.497 e. The lowest BCUT2D eigenvalue weighted by molar-refractivity contribution is 0.282. The summed E-state index contributed by atoms with van der Waals surface area (Å²) in [5.41, 5.74) is 4.81. The first-order valence-corrected chi connectivity index (χ1v) is 12.7. The minimum Gasteiger partial charge on any atom is -0.497 e. The highest BCUT2D eigenvalue weighted by Crippen LogP contribution is 2.34. The third-order valence-corrected chi connectivity index (χ3v) is 7.84. The van der Waals surface area contributed by atoms with Gasteiger partial charge in [-0.2, -0.15) is 0 Å². The Hall–Kier alpha value is -2.41. The van der Waals surface area contributed by atoms with Crippen molar-refractivity contribution in [1.29, 1.82) is 0 Å². The predicted octanol–water partition coefficient (Wildman–Crippen LogP) is 5.59. The molecular formula is C27H33ClN4OS. The molecule has 1 unspecified atom stereocenters. The Morgan fingerprint density at radius 3 is 2.71 bits per heavy atom. The third-order valence-electron chi connectivity index (χ3n) is 6.48. The van der Waals surface area contributed by atoms with Crippen LogP contribution in [0.3, 0.4) is 0 Å². The fourth-order valence-corrected chi connectivity index (χ4v) is 5.67. The van der Waals surface area contributed by atoms with E-state index in [4.69, 9.17) is 14.7 Å². The van der Waals surface area contributed by atoms with E-state index in [1.165, 1.54) is 21.0 Å². The number of nitrogens with zero attached hydrogens (tertiary/aromatic N) is 3. The quantitative estimate of drug-likeness (QED) is 0.500. The summed E-state index contributed by atoms with van der Waals surface area (Å²) in [7, 11) is 1.71. The van der Waals surface area contributed by atoms with Gasteiger partial charge in [-0.15, -0.1) is 23.7 Å². The van der Waals surface area contributed by atoms with Crippen LogP contribution in [0.5, 0.6) is 5.75 Å². The first kappa shape index (κ1) is 24.7. The van der Waals surface area contributed by atoms with Gasteiger partial charge in [-0.25, -0.2) is 9.98 Å². The fraction of sp³-hybridized carbons (Fsp3) is 0.407. The molecule has 3 aromatic rings. The average Bonchev–Trinajstić information content (AvgIpc) is 3.20. The number of halogens is 1. The number of methoxy groups -OCH3 is 1. The molecule has 1 saturated heterocycles. The van der Waals surface area contributed by atoms with Crippen LogP contribution in [0.15, 0.2) is 53.5 Å². The van der Waals surface area contributed by atoms with E-state index in [-0.39, 0.29) is 12.4 Å². The monoisotopic (exact) mass is 496 g/mol. The van der Waals surface area contributed by atoms with Gasteiger partial charge >= 0.3 is 0 Å². The minimum atomic E-state index is 0. The van der Waals surface area contributed by atoms with E-state index < -0.39 is 0 Å². The van der Waals surface area contributed by atoms with Crippen LogP contribution in [0.4, 0.5) is 5.69 Å². The maximum absolute atomic E-state index is 5.29. The molecule has 3 heterocycles. The van der Waals surface area contributed by atoms with Gasteiger partial charge in [0.05, 0.1) is 17.8 Å². The van der Waals surface area contributed by atoms with Crippen molar-refractivity contribution >= 4 is 35.3 Å². The van der Waals surface area contributed by atoms with Crippen LogP contribution in [-0.4, -0.2) is 48.5 Å². The number of piperazine rings is 1. The highest BCUT2D eigenvalue weighted by molar-refractivity contribution is 7.12. The van der Waals surface area contributed by atoms with Gasteiger partial charge in [0.15, 0.2) is 5.84 Å². The number of benzene rings is 2. The number of hydrogen-bond donors (Lipinski definition) is 1. The summed E-state index contributed by atoms with van der Waals surface area (Å²) in [5, 5.41) is 4.93. The van der Waals surface area contributed by atoms with Gasteiger partial charge in [0.1, 0.15) is 11.4 Å². The molecule has 2 aliphatic heterocycles. The Labute approximate surface area is 212 Å². The molecule has 5 nitrogen and oxygen atoms in total. The van der Waals surface area contributed by atoms with Crippen molar-refractivity contribution in [2.24, 2.45) is 4.99 Å². The molecule has 0 bridgehead atoms. The summed E-state index contributed by atoms with van der Waals surface area (Å²) in [6.07, 6.45) is 3.05. The van der Waals surface area contributed by atoms with E-state index in [9.17, 15) is 0 Å². The Balaban J connectivity index is 0.00000274. The minimum absolute atomic E-state index is 0. The molecular weight excluding hydrogens is 464 g/mol. The van der Waals surface area contributed by atoms with Crippen molar-refractivity contribution in [1.82, 2.24) is 15.2 Å². The Morgan fingerprint density at radius 2 is 1.94 bits per heavy atom. The molecule has 5 rings (SSSR count). The summed E-state index contributed by atoms with van der Waals surface area (Å²) >= 11 is 1.85. The normalized spacial score (nSPS) is 17.4. The van der Waals surface area contributed by atoms with Crippen LogP contribution in [0.2, 0.25) is 0 Å². The second kappa shape index (κ2) is 10.9. The highest BCUT2D eigenvalue weighted by Gasteiger charge is 2.29. The van der Waals surface area contributed by atoms with E-state index in [0.717, 1.165) is 61.9 Å². The third kappa shape index (κ3) is 5.29. The molecule has 1 atom stereocenters. The number of aliphatic imine (C=N–C) groups is 1. The van der Waals surface area contributed by atoms with E-state index in [2.05, 4.69) is 60.5 Å². The van der Waals surface area contributed by atoms with Crippen LogP contribution >= 0.6 is 23.7 Å². The predicted molar refractivity (Wildman–Crippen MR) is 144 cm³/mol. The average molecular weight is 497 g/mol. The van der Waals surface area contributed by atoms with E-state index >= 15 is 0 Å². The number of para-hydroxylation sites is 1. The number of nitrogens with one attached hydrogen (secondary N) is 1. The fourth-order valence-electron chi connectivity index (χ4n) is 4.59. The standard InChI is InChI=1S/C27H32N4OS.ClH/c1-18(2)27-30-25-24(33-27)16-20-6-4-5-7-23(20)29-26(25)31-15-14-28-21(17-31)11-8-19-9-12-22(32-3)13-10-19;/h4-7,9-10,12-13,18,21,28H,8,11,14-17H2,1-3H3;1H. The van der Waals surface area contributed by atoms with E-state index in [1.54, 1.807) is 7.11 Å². The number of hydrogen-bond acceptors (Lipinski definition) is 6. The van der Waals surface area contributed by atoms with Crippen LogP contribution < -0.4 is 10.1 Å². The maximum Gasteiger partial charge on any atom is 0.156 e. The van der Waals surface area contributed by atoms with Gasteiger partial charge in [-0.05, 0) is 42.2 Å². The number of fused-ring (bicyclic) bond motifs is 2. The lowest BCUT2D eigenvalue weighted by Crippen LogP contribution is -2.53. The van der Waals surface area contributed by atoms with Crippen molar-refractivity contribution < 1.29 is 4.74 Å². The second-order valence-electron chi connectivity index (χ2n) is 9.20. The zero-order valence-corrected chi connectivity index (χ0v) is 21.7. The molecule has 0 spiro atoms. The molecule has 0 aliphatic carbocycles. The number of rotatable bonds is 5. The summed E-state index contributed by atoms with van der Waals surface area (Å²) < 4.78 is 5.29. The smallest absolute Gasteiger partial charge is 0.156 e. The Morgan fingerprint density at radius 1 is 1.15 bits per heavy atom. The summed E-state index contributed by atoms with van der Waals surface area (Å²) in [5.74, 6) is 2.39. The van der Waals surface area contributed by atoms with Gasteiger partial charge in [0.25, 0.3) is 0 Å². The van der Waals surface area contributed by atoms with Crippen LogP contribution in [0.25, 0.3) is 0 Å². The van der Waals surface area contributed by atoms with Crippen molar-refractivity contribution in [2.75, 3.05) is 26.7 Å². The second-order valence-corrected chi connectivity index (χ2v) is 10.3. The number of thiazole rings is 1. The van der Waals surface area contributed by atoms with Gasteiger partial charge in [-0.3, -0.25) is 0 Å². The number of aromatic nitrogens is 1. The van der Waals surface area contributed by atoms with Crippen molar-refractivity contribution in [3.8, 4) is 5.75 Å². The molecule has 1 N–H and O–H groups in total. The van der Waals surface area contributed by atoms with Gasteiger partial charge in [0, 0.05) is 42.9 Å². The zero-order valence-electron chi connectivity index (χ0n) is 20.1. The molecule has 180 valence electrons. The zero-order chi connectivity index (χ0) is 22.8. The van der Waals surface area contributed by atoms with Crippen molar-refractivity contribution in [2.45, 2.75) is 45.1 Å². The first-order valence-electron chi connectivity index (χ1n) is 11.9. The molecule has 2 aliphatic rings. The molecule has 0 saturated carbocycles. The summed E-state index contributed by atoms with van der Waals surface area (Å²) in [4.78, 5) is 14.1. The number of aryl methyl sites for hydroxylation is 1. The van der Waals surface area contributed by atoms with Crippen LogP contribution in [0.1, 0.15) is 52.9 Å². The summed E-state index contributed by atoms with van der Waals surface area (Å²) in [6, 6.07) is 17.4. The lowest BCUT2D eigenvalue weighted by Gasteiger charge is -2.35. The van der Waals surface area contributed by atoms with Gasteiger partial charge < -0.3 is 15.0 Å². The number of ether oxygens (including phenoxy) is 1. The number of amidine groups is 1. The van der Waals surface area contributed by atoms with E-state index in [0.29, 0.717) is 12.0 Å². The molecule has 7 heteroatoms. The maximum atomic E-state index is 5.29. The SMILES string of the molecule is COc1ccc(CCC2CN(C3=Nc4ccccc4Cc4sc(C(C)C)nc43)CCN2)cc1.Cl.